The van der Waals surface area contributed by atoms with Crippen molar-refractivity contribution in [2.45, 2.75) is 0 Å². The Bertz CT molecular complexity index is 944. The highest BCUT2D eigenvalue weighted by molar-refractivity contribution is 6.05. The molecule has 3 aromatic rings. The molecule has 1 amide bonds. The van der Waals surface area contributed by atoms with Crippen LogP contribution in [0.5, 0.6) is 0 Å². The van der Waals surface area contributed by atoms with Crippen molar-refractivity contribution in [2.75, 3.05) is 49.1 Å². The smallest absolute Gasteiger partial charge is 0.259 e. The average molecular weight is 405 g/mol. The second kappa shape index (κ2) is 9.45. The van der Waals surface area contributed by atoms with E-state index in [1.54, 1.807) is 11.1 Å². The van der Waals surface area contributed by atoms with Gasteiger partial charge in [-0.2, -0.15) is 0 Å². The van der Waals surface area contributed by atoms with Crippen molar-refractivity contribution < 1.29 is 9.18 Å². The quantitative estimate of drug-likeness (QED) is 0.631. The van der Waals surface area contributed by atoms with E-state index in [0.29, 0.717) is 17.9 Å². The van der Waals surface area contributed by atoms with Crippen LogP contribution >= 0.6 is 0 Å². The first-order valence-electron chi connectivity index (χ1n) is 10.1. The second-order valence-corrected chi connectivity index (χ2v) is 7.17. The zero-order chi connectivity index (χ0) is 20.8. The van der Waals surface area contributed by atoms with Gasteiger partial charge < -0.3 is 4.90 Å². The number of pyridine rings is 2. The predicted molar refractivity (Wildman–Crippen MR) is 115 cm³/mol. The van der Waals surface area contributed by atoms with Crippen LogP contribution in [0.15, 0.2) is 73.1 Å². The third-order valence-corrected chi connectivity index (χ3v) is 5.25. The van der Waals surface area contributed by atoms with Crippen LogP contribution in [0.4, 0.5) is 16.0 Å². The van der Waals surface area contributed by atoms with Gasteiger partial charge in [-0.15, -0.1) is 0 Å². The first kappa shape index (κ1) is 20.0. The molecule has 1 fully saturated rings. The maximum absolute atomic E-state index is 13.3. The van der Waals surface area contributed by atoms with Crippen molar-refractivity contribution in [1.82, 2.24) is 14.9 Å². The molecule has 3 heterocycles. The van der Waals surface area contributed by atoms with Gasteiger partial charge in [0.15, 0.2) is 0 Å². The van der Waals surface area contributed by atoms with Crippen molar-refractivity contribution in [3.63, 3.8) is 0 Å². The molecule has 1 aliphatic heterocycles. The third kappa shape index (κ3) is 4.80. The van der Waals surface area contributed by atoms with Gasteiger partial charge in [0.05, 0.1) is 0 Å². The van der Waals surface area contributed by atoms with E-state index in [2.05, 4.69) is 19.8 Å². The number of anilines is 2. The molecule has 0 bridgehead atoms. The number of piperazine rings is 1. The topological polar surface area (TPSA) is 52.6 Å². The Labute approximate surface area is 175 Å². The molecule has 6 nitrogen and oxygen atoms in total. The van der Waals surface area contributed by atoms with Crippen LogP contribution < -0.4 is 9.80 Å². The molecule has 0 N–H and O–H groups in total. The summed E-state index contributed by atoms with van der Waals surface area (Å²) in [5, 5.41) is 0. The molecule has 1 aliphatic rings. The second-order valence-electron chi connectivity index (χ2n) is 7.17. The highest BCUT2D eigenvalue weighted by Gasteiger charge is 2.22. The fourth-order valence-electron chi connectivity index (χ4n) is 3.56. The minimum absolute atomic E-state index is 0.180. The zero-order valence-electron chi connectivity index (χ0n) is 16.7. The molecule has 4 rings (SSSR count). The number of amides is 1. The SMILES string of the molecule is O=C(c1ccc(F)cc1)N(CCN1CCN(c2ccccn2)CC1)c1ccccn1. The summed E-state index contributed by atoms with van der Waals surface area (Å²) in [6, 6.07) is 17.1. The molecule has 0 radical (unpaired) electrons. The average Bonchev–Trinajstić information content (AvgIpc) is 2.81. The van der Waals surface area contributed by atoms with Gasteiger partial charge >= 0.3 is 0 Å². The summed E-state index contributed by atoms with van der Waals surface area (Å²) in [6.07, 6.45) is 3.49. The van der Waals surface area contributed by atoms with Gasteiger partial charge in [0.2, 0.25) is 0 Å². The largest absolute Gasteiger partial charge is 0.354 e. The number of hydrogen-bond donors (Lipinski definition) is 0. The van der Waals surface area contributed by atoms with E-state index in [1.807, 2.05) is 42.6 Å². The van der Waals surface area contributed by atoms with E-state index < -0.39 is 0 Å². The van der Waals surface area contributed by atoms with Crippen LogP contribution in [-0.2, 0) is 0 Å². The van der Waals surface area contributed by atoms with E-state index >= 15 is 0 Å². The van der Waals surface area contributed by atoms with Crippen LogP contribution in [-0.4, -0.2) is 60.0 Å². The summed E-state index contributed by atoms with van der Waals surface area (Å²) in [5.41, 5.74) is 0.446. The van der Waals surface area contributed by atoms with E-state index in [0.717, 1.165) is 38.5 Å². The van der Waals surface area contributed by atoms with Crippen LogP contribution in [0.3, 0.4) is 0 Å². The van der Waals surface area contributed by atoms with Gasteiger partial charge in [0.25, 0.3) is 5.91 Å². The summed E-state index contributed by atoms with van der Waals surface area (Å²) in [4.78, 5) is 28.2. The van der Waals surface area contributed by atoms with Gasteiger partial charge in [-0.3, -0.25) is 14.6 Å². The number of nitrogens with zero attached hydrogens (tertiary/aromatic N) is 5. The van der Waals surface area contributed by atoms with E-state index in [1.165, 1.54) is 24.3 Å². The summed E-state index contributed by atoms with van der Waals surface area (Å²) in [5.74, 6) is 1.06. The molecule has 0 spiro atoms. The molecule has 154 valence electrons. The number of hydrogen-bond acceptors (Lipinski definition) is 5. The lowest BCUT2D eigenvalue weighted by Gasteiger charge is -2.36. The Kier molecular flexibility index (Phi) is 6.29. The number of carbonyl (C=O) groups excluding carboxylic acids is 1. The molecule has 0 aliphatic carbocycles. The van der Waals surface area contributed by atoms with Gasteiger partial charge in [-0.1, -0.05) is 12.1 Å². The van der Waals surface area contributed by atoms with E-state index in [9.17, 15) is 9.18 Å². The Morgan fingerprint density at radius 1 is 0.900 bits per heavy atom. The number of carbonyl (C=O) groups is 1. The van der Waals surface area contributed by atoms with Crippen molar-refractivity contribution in [3.05, 3.63) is 84.4 Å². The van der Waals surface area contributed by atoms with E-state index in [4.69, 9.17) is 0 Å². The van der Waals surface area contributed by atoms with Gasteiger partial charge in [-0.05, 0) is 48.5 Å². The van der Waals surface area contributed by atoms with Crippen LogP contribution in [0, 0.1) is 5.82 Å². The Morgan fingerprint density at radius 2 is 1.60 bits per heavy atom. The normalized spacial score (nSPS) is 14.5. The summed E-state index contributed by atoms with van der Waals surface area (Å²) >= 11 is 0. The highest BCUT2D eigenvalue weighted by Crippen LogP contribution is 2.16. The Balaban J connectivity index is 1.40. The minimum atomic E-state index is -0.360. The predicted octanol–water partition coefficient (Wildman–Crippen LogP) is 3.08. The fourth-order valence-corrected chi connectivity index (χ4v) is 3.56. The number of rotatable bonds is 6. The monoisotopic (exact) mass is 405 g/mol. The van der Waals surface area contributed by atoms with Crippen molar-refractivity contribution >= 4 is 17.5 Å². The molecule has 1 saturated heterocycles. The van der Waals surface area contributed by atoms with E-state index in [-0.39, 0.29) is 11.7 Å². The Hall–Kier alpha value is -3.32. The number of aromatic nitrogens is 2. The molecule has 1 aromatic carbocycles. The van der Waals surface area contributed by atoms with Gasteiger partial charge in [-0.25, -0.2) is 14.4 Å². The van der Waals surface area contributed by atoms with Crippen molar-refractivity contribution in [3.8, 4) is 0 Å². The van der Waals surface area contributed by atoms with Crippen LogP contribution in [0.25, 0.3) is 0 Å². The lowest BCUT2D eigenvalue weighted by molar-refractivity contribution is 0.0982. The van der Waals surface area contributed by atoms with Crippen molar-refractivity contribution in [2.24, 2.45) is 0 Å². The van der Waals surface area contributed by atoms with Crippen LogP contribution in [0.2, 0.25) is 0 Å². The number of halogens is 1. The zero-order valence-corrected chi connectivity index (χ0v) is 16.7. The minimum Gasteiger partial charge on any atom is -0.354 e. The molecule has 30 heavy (non-hydrogen) atoms. The van der Waals surface area contributed by atoms with Crippen LogP contribution in [0.1, 0.15) is 10.4 Å². The molecule has 7 heteroatoms. The summed E-state index contributed by atoms with van der Waals surface area (Å²) in [6.45, 7) is 4.84. The highest BCUT2D eigenvalue weighted by atomic mass is 19.1. The van der Waals surface area contributed by atoms with Gasteiger partial charge in [0, 0.05) is 57.2 Å². The first-order valence-corrected chi connectivity index (χ1v) is 10.1. The van der Waals surface area contributed by atoms with Gasteiger partial charge in [0.1, 0.15) is 17.5 Å². The standard InChI is InChI=1S/C23H24FN5O/c24-20-9-7-19(8-10-20)23(30)29(22-6-2-4-12-26-22)18-15-27-13-16-28(17-14-27)21-5-1-3-11-25-21/h1-12H,13-18H2. The third-order valence-electron chi connectivity index (χ3n) is 5.25. The molecule has 0 saturated carbocycles. The fraction of sp³-hybridized carbons (Fsp3) is 0.261. The first-order chi connectivity index (χ1) is 14.7. The molecule has 0 unspecified atom stereocenters. The molecule has 0 atom stereocenters. The Morgan fingerprint density at radius 3 is 2.23 bits per heavy atom. The number of benzene rings is 1. The molecular formula is C23H24FN5O. The molecule has 2 aromatic heterocycles. The summed E-state index contributed by atoms with van der Waals surface area (Å²) in [7, 11) is 0. The summed E-state index contributed by atoms with van der Waals surface area (Å²) < 4.78 is 13.3. The maximum atomic E-state index is 13.3. The molecular weight excluding hydrogens is 381 g/mol. The maximum Gasteiger partial charge on any atom is 0.259 e. The van der Waals surface area contributed by atoms with Crippen molar-refractivity contribution in [1.29, 1.82) is 0 Å². The lowest BCUT2D eigenvalue weighted by atomic mass is 10.2. The lowest BCUT2D eigenvalue weighted by Crippen LogP contribution is -2.49.